The van der Waals surface area contributed by atoms with Gasteiger partial charge in [-0.3, -0.25) is 13.9 Å². The number of nitrogens with one attached hydrogen (secondary N) is 1. The van der Waals surface area contributed by atoms with E-state index in [-0.39, 0.29) is 23.0 Å². The number of sulfonamides is 1. The van der Waals surface area contributed by atoms with Gasteiger partial charge in [0.15, 0.2) is 0 Å². The summed E-state index contributed by atoms with van der Waals surface area (Å²) in [6.07, 6.45) is 2.00. The van der Waals surface area contributed by atoms with Crippen molar-refractivity contribution >= 4 is 50.7 Å². The predicted octanol–water partition coefficient (Wildman–Crippen LogP) is 6.23. The highest BCUT2D eigenvalue weighted by Gasteiger charge is 2.34. The minimum absolute atomic E-state index is 0.0183. The van der Waals surface area contributed by atoms with Gasteiger partial charge in [0.05, 0.1) is 17.7 Å². The van der Waals surface area contributed by atoms with Crippen LogP contribution in [0.4, 0.5) is 5.69 Å². The van der Waals surface area contributed by atoms with Crippen LogP contribution in [0.1, 0.15) is 44.2 Å². The van der Waals surface area contributed by atoms with Crippen molar-refractivity contribution in [3.8, 4) is 5.75 Å². The van der Waals surface area contributed by atoms with Gasteiger partial charge >= 0.3 is 0 Å². The number of unbranched alkanes of at least 4 members (excludes halogenated alkanes) is 1. The normalized spacial score (nSPS) is 12.0. The number of carbonyl (C=O) groups excluding carboxylic acids is 2. The van der Waals surface area contributed by atoms with E-state index >= 15 is 0 Å². The molecule has 3 rings (SSSR count). The molecule has 0 saturated heterocycles. The lowest BCUT2D eigenvalue weighted by molar-refractivity contribution is -0.140. The molecule has 11 heteroatoms. The lowest BCUT2D eigenvalue weighted by atomic mass is 10.1. The number of hydrogen-bond donors (Lipinski definition) is 1. The van der Waals surface area contributed by atoms with Crippen LogP contribution in [-0.2, 0) is 26.2 Å². The number of nitrogens with zero attached hydrogens (tertiary/aromatic N) is 2. The lowest BCUT2D eigenvalue weighted by Gasteiger charge is -2.33. The minimum atomic E-state index is -4.17. The third-order valence-corrected chi connectivity index (χ3v) is 9.19. The predicted molar refractivity (Wildman–Crippen MR) is 168 cm³/mol. The number of methoxy groups -OCH3 is 1. The molecule has 8 nitrogen and oxygen atoms in total. The summed E-state index contributed by atoms with van der Waals surface area (Å²) >= 11 is 12.6. The maximum Gasteiger partial charge on any atom is 0.264 e. The Morgan fingerprint density at radius 2 is 1.64 bits per heavy atom. The Morgan fingerprint density at radius 1 is 0.976 bits per heavy atom. The van der Waals surface area contributed by atoms with Crippen molar-refractivity contribution in [2.45, 2.75) is 57.5 Å². The summed E-state index contributed by atoms with van der Waals surface area (Å²) in [7, 11) is -2.67. The first kappa shape index (κ1) is 33.2. The molecule has 3 aromatic carbocycles. The molecule has 0 radical (unpaired) electrons. The van der Waals surface area contributed by atoms with Crippen molar-refractivity contribution in [2.75, 3.05) is 24.5 Å². The highest BCUT2D eigenvalue weighted by Crippen LogP contribution is 2.28. The zero-order valence-corrected chi connectivity index (χ0v) is 26.6. The fourth-order valence-electron chi connectivity index (χ4n) is 4.37. The molecule has 2 amide bonds. The molecular weight excluding hydrogens is 597 g/mol. The molecule has 1 N–H and O–H groups in total. The van der Waals surface area contributed by atoms with E-state index in [0.717, 1.165) is 22.7 Å². The fourth-order valence-corrected chi connectivity index (χ4v) is 6.26. The van der Waals surface area contributed by atoms with Crippen molar-refractivity contribution in [3.63, 3.8) is 0 Å². The first-order valence-corrected chi connectivity index (χ1v) is 16.0. The standard InChI is InChI=1S/C31H37Cl2N3O5S/c1-5-7-18-34-31(38)29(6-2)35(20-23-10-11-24(32)19-28(23)33)30(37)21-36(25-12-14-26(41-4)15-13-25)42(39,40)27-16-8-22(3)9-17-27/h8-17,19,29H,5-7,18,20-21H2,1-4H3,(H,34,38)/t29-/m0/s1. The van der Waals surface area contributed by atoms with Gasteiger partial charge < -0.3 is 15.0 Å². The number of hydrogen-bond acceptors (Lipinski definition) is 5. The second-order valence-corrected chi connectivity index (χ2v) is 12.6. The Kier molecular flexibility index (Phi) is 12.1. The summed E-state index contributed by atoms with van der Waals surface area (Å²) in [4.78, 5) is 28.9. The molecule has 0 aliphatic heterocycles. The van der Waals surface area contributed by atoms with E-state index in [0.29, 0.717) is 34.3 Å². The summed E-state index contributed by atoms with van der Waals surface area (Å²) in [6.45, 7) is 5.58. The van der Waals surface area contributed by atoms with E-state index in [9.17, 15) is 18.0 Å². The summed E-state index contributed by atoms with van der Waals surface area (Å²) in [5, 5.41) is 3.67. The van der Waals surface area contributed by atoms with Crippen LogP contribution in [0.2, 0.25) is 10.0 Å². The van der Waals surface area contributed by atoms with Gasteiger partial charge in [-0.15, -0.1) is 0 Å². The summed E-state index contributed by atoms with van der Waals surface area (Å²) in [5.74, 6) is -0.349. The summed E-state index contributed by atoms with van der Waals surface area (Å²) in [5.41, 5.74) is 1.74. The monoisotopic (exact) mass is 633 g/mol. The molecule has 3 aromatic rings. The molecule has 0 unspecified atom stereocenters. The third-order valence-electron chi connectivity index (χ3n) is 6.82. The first-order valence-electron chi connectivity index (χ1n) is 13.8. The zero-order valence-electron chi connectivity index (χ0n) is 24.3. The van der Waals surface area contributed by atoms with Crippen molar-refractivity contribution in [2.24, 2.45) is 0 Å². The zero-order chi connectivity index (χ0) is 30.9. The van der Waals surface area contributed by atoms with E-state index in [4.69, 9.17) is 27.9 Å². The van der Waals surface area contributed by atoms with Gasteiger partial charge in [0.1, 0.15) is 18.3 Å². The van der Waals surface area contributed by atoms with Crippen LogP contribution in [0, 0.1) is 6.92 Å². The van der Waals surface area contributed by atoms with Crippen LogP contribution in [0.3, 0.4) is 0 Å². The Hall–Kier alpha value is -3.27. The highest BCUT2D eigenvalue weighted by atomic mass is 35.5. The third kappa shape index (κ3) is 8.40. The average molecular weight is 635 g/mol. The Bertz CT molecular complexity index is 1460. The van der Waals surface area contributed by atoms with Gasteiger partial charge in [0.25, 0.3) is 10.0 Å². The molecule has 0 fully saturated rings. The number of benzene rings is 3. The van der Waals surface area contributed by atoms with Gasteiger partial charge in [0.2, 0.25) is 11.8 Å². The fraction of sp³-hybridized carbons (Fsp3) is 0.355. The number of ether oxygens (including phenoxy) is 1. The maximum atomic E-state index is 14.1. The average Bonchev–Trinajstić information content (AvgIpc) is 2.97. The van der Waals surface area contributed by atoms with Crippen LogP contribution in [0.5, 0.6) is 5.75 Å². The van der Waals surface area contributed by atoms with E-state index in [2.05, 4.69) is 5.32 Å². The first-order chi connectivity index (χ1) is 20.0. The van der Waals surface area contributed by atoms with E-state index in [1.165, 1.54) is 24.1 Å². The molecule has 0 aromatic heterocycles. The molecule has 0 heterocycles. The van der Waals surface area contributed by atoms with Crippen molar-refractivity contribution < 1.29 is 22.7 Å². The van der Waals surface area contributed by atoms with Gasteiger partial charge in [0, 0.05) is 23.1 Å². The van der Waals surface area contributed by atoms with Gasteiger partial charge in [-0.2, -0.15) is 0 Å². The Morgan fingerprint density at radius 3 is 2.21 bits per heavy atom. The smallest absolute Gasteiger partial charge is 0.264 e. The van der Waals surface area contributed by atoms with Crippen LogP contribution in [-0.4, -0.2) is 51.4 Å². The van der Waals surface area contributed by atoms with Crippen LogP contribution in [0.25, 0.3) is 0 Å². The van der Waals surface area contributed by atoms with Gasteiger partial charge in [-0.05, 0) is 73.9 Å². The van der Waals surface area contributed by atoms with Crippen LogP contribution in [0.15, 0.2) is 71.6 Å². The minimum Gasteiger partial charge on any atom is -0.497 e. The Labute approximate surface area is 258 Å². The molecule has 0 spiro atoms. The van der Waals surface area contributed by atoms with E-state index < -0.39 is 28.5 Å². The highest BCUT2D eigenvalue weighted by molar-refractivity contribution is 7.92. The number of aryl methyl sites for hydroxylation is 1. The number of halogens is 2. The number of rotatable bonds is 14. The van der Waals surface area contributed by atoms with Crippen LogP contribution >= 0.6 is 23.2 Å². The Balaban J connectivity index is 2.06. The molecule has 42 heavy (non-hydrogen) atoms. The second kappa shape index (κ2) is 15.3. The summed E-state index contributed by atoms with van der Waals surface area (Å²) < 4.78 is 34.2. The maximum absolute atomic E-state index is 14.1. The van der Waals surface area contributed by atoms with Crippen molar-refractivity contribution in [3.05, 3.63) is 87.9 Å². The molecule has 0 aliphatic carbocycles. The SMILES string of the molecule is CCCCNC(=O)[C@H](CC)N(Cc1ccc(Cl)cc1Cl)C(=O)CN(c1ccc(OC)cc1)S(=O)(=O)c1ccc(C)cc1. The second-order valence-electron chi connectivity index (χ2n) is 9.85. The largest absolute Gasteiger partial charge is 0.497 e. The molecule has 226 valence electrons. The van der Waals surface area contributed by atoms with Crippen LogP contribution < -0.4 is 14.4 Å². The van der Waals surface area contributed by atoms with E-state index in [1.54, 1.807) is 61.5 Å². The molecule has 0 bridgehead atoms. The van der Waals surface area contributed by atoms with Crippen molar-refractivity contribution in [1.82, 2.24) is 10.2 Å². The van der Waals surface area contributed by atoms with Gasteiger partial charge in [-0.25, -0.2) is 8.42 Å². The number of carbonyl (C=O) groups is 2. The molecule has 1 atom stereocenters. The van der Waals surface area contributed by atoms with Gasteiger partial charge in [-0.1, -0.05) is 67.2 Å². The topological polar surface area (TPSA) is 96.0 Å². The summed E-state index contributed by atoms with van der Waals surface area (Å²) in [6, 6.07) is 16.9. The van der Waals surface area contributed by atoms with E-state index in [1.807, 2.05) is 13.8 Å². The lowest BCUT2D eigenvalue weighted by Crippen LogP contribution is -2.52. The molecule has 0 saturated carbocycles. The molecular formula is C31H37Cl2N3O5S. The quantitative estimate of drug-likeness (QED) is 0.212. The van der Waals surface area contributed by atoms with Crippen molar-refractivity contribution in [1.29, 1.82) is 0 Å². The number of anilines is 1. The number of amides is 2. The molecule has 0 aliphatic rings.